The number of piperidine rings is 1. The maximum atomic E-state index is 12.4. The molecule has 2 amide bonds. The van der Waals surface area contributed by atoms with Gasteiger partial charge in [-0.05, 0) is 38.4 Å². The molecule has 1 heterocycles. The molecule has 1 aromatic carbocycles. The number of nitrogens with zero attached hydrogens (tertiary/aromatic N) is 1. The molecule has 0 aromatic heterocycles. The van der Waals surface area contributed by atoms with Gasteiger partial charge >= 0.3 is 5.97 Å². The number of thioether (sulfide) groups is 1. The fraction of sp³-hybridized carbons (Fsp3) is 0.500. The van der Waals surface area contributed by atoms with Crippen LogP contribution in [0.5, 0.6) is 0 Å². The van der Waals surface area contributed by atoms with Gasteiger partial charge in [0.15, 0.2) is 0 Å². The summed E-state index contributed by atoms with van der Waals surface area (Å²) >= 11 is 1.29. The lowest BCUT2D eigenvalue weighted by atomic mass is 9.98. The normalized spacial score (nSPS) is 17.5. The van der Waals surface area contributed by atoms with Crippen molar-refractivity contribution < 1.29 is 19.1 Å². The third-order valence-electron chi connectivity index (χ3n) is 4.02. The Kier molecular flexibility index (Phi) is 7.93. The molecule has 1 aromatic rings. The number of para-hydroxylation sites is 1. The first-order valence-electron chi connectivity index (χ1n) is 8.68. The average molecular weight is 379 g/mol. The molecule has 3 N–H and O–H groups in total. The van der Waals surface area contributed by atoms with Crippen LogP contribution in [0, 0.1) is 5.92 Å². The van der Waals surface area contributed by atoms with E-state index in [1.807, 2.05) is 23.1 Å². The van der Waals surface area contributed by atoms with E-state index in [9.17, 15) is 14.4 Å². The minimum absolute atomic E-state index is 0.151. The summed E-state index contributed by atoms with van der Waals surface area (Å²) < 4.78 is 5.09. The summed E-state index contributed by atoms with van der Waals surface area (Å²) in [4.78, 5) is 38.0. The lowest BCUT2D eigenvalue weighted by molar-refractivity contribution is -0.150. The van der Waals surface area contributed by atoms with Crippen molar-refractivity contribution in [1.82, 2.24) is 4.90 Å². The molecule has 1 atom stereocenters. The minimum Gasteiger partial charge on any atom is -0.466 e. The van der Waals surface area contributed by atoms with Crippen molar-refractivity contribution in [1.29, 1.82) is 0 Å². The first-order valence-corrected chi connectivity index (χ1v) is 9.67. The van der Waals surface area contributed by atoms with Crippen molar-refractivity contribution in [3.63, 3.8) is 0 Å². The highest BCUT2D eigenvalue weighted by molar-refractivity contribution is 8.00. The van der Waals surface area contributed by atoms with E-state index in [1.165, 1.54) is 11.8 Å². The Balaban J connectivity index is 1.90. The first-order chi connectivity index (χ1) is 12.5. The topological polar surface area (TPSA) is 102 Å². The van der Waals surface area contributed by atoms with E-state index in [0.717, 1.165) is 24.3 Å². The van der Waals surface area contributed by atoms with Crippen LogP contribution in [-0.2, 0) is 19.1 Å². The second-order valence-electron chi connectivity index (χ2n) is 6.13. The molecule has 7 nitrogen and oxygen atoms in total. The molecule has 0 saturated carbocycles. The summed E-state index contributed by atoms with van der Waals surface area (Å²) in [6, 6.07) is 7.29. The summed E-state index contributed by atoms with van der Waals surface area (Å²) in [6.07, 6.45) is 1.66. The fourth-order valence-corrected chi connectivity index (χ4v) is 3.64. The molecule has 142 valence electrons. The molecule has 2 rings (SSSR count). The number of primary amides is 1. The van der Waals surface area contributed by atoms with Crippen LogP contribution >= 0.6 is 11.8 Å². The minimum atomic E-state index is -0.408. The van der Waals surface area contributed by atoms with Gasteiger partial charge < -0.3 is 15.8 Å². The highest BCUT2D eigenvalue weighted by Gasteiger charge is 2.27. The van der Waals surface area contributed by atoms with Crippen LogP contribution in [0.25, 0.3) is 0 Å². The van der Waals surface area contributed by atoms with Crippen molar-refractivity contribution >= 4 is 35.2 Å². The van der Waals surface area contributed by atoms with Crippen molar-refractivity contribution in [3.05, 3.63) is 24.3 Å². The third kappa shape index (κ3) is 6.34. The van der Waals surface area contributed by atoms with E-state index in [2.05, 4.69) is 5.32 Å². The maximum Gasteiger partial charge on any atom is 0.310 e. The van der Waals surface area contributed by atoms with Gasteiger partial charge in [0.25, 0.3) is 0 Å². The smallest absolute Gasteiger partial charge is 0.310 e. The van der Waals surface area contributed by atoms with E-state index in [4.69, 9.17) is 10.5 Å². The zero-order valence-electron chi connectivity index (χ0n) is 14.9. The van der Waals surface area contributed by atoms with Gasteiger partial charge in [0, 0.05) is 11.4 Å². The van der Waals surface area contributed by atoms with Crippen LogP contribution in [0.1, 0.15) is 19.8 Å². The van der Waals surface area contributed by atoms with Crippen molar-refractivity contribution in [3.8, 4) is 0 Å². The molecule has 0 unspecified atom stereocenters. The molecule has 1 fully saturated rings. The highest BCUT2D eigenvalue weighted by atomic mass is 32.2. The van der Waals surface area contributed by atoms with Gasteiger partial charge in [-0.25, -0.2) is 0 Å². The molecule has 26 heavy (non-hydrogen) atoms. The number of nitrogens with one attached hydrogen (secondary N) is 1. The molecule has 1 aliphatic rings. The Hall–Kier alpha value is -2.06. The largest absolute Gasteiger partial charge is 0.466 e. The SMILES string of the molecule is CCOC(=O)[C@H]1CCCN(CC(=O)Nc2ccccc2SCC(N)=O)C1. The number of benzene rings is 1. The third-order valence-corrected chi connectivity index (χ3v) is 5.12. The number of hydrogen-bond acceptors (Lipinski definition) is 6. The lowest BCUT2D eigenvalue weighted by Gasteiger charge is -2.30. The predicted molar refractivity (Wildman–Crippen MR) is 101 cm³/mol. The molecular weight excluding hydrogens is 354 g/mol. The summed E-state index contributed by atoms with van der Waals surface area (Å²) in [6.45, 7) is 3.69. The van der Waals surface area contributed by atoms with Gasteiger partial charge in [0.2, 0.25) is 11.8 Å². The fourth-order valence-electron chi connectivity index (χ4n) is 2.89. The summed E-state index contributed by atoms with van der Waals surface area (Å²) in [5.41, 5.74) is 5.84. The number of nitrogens with two attached hydrogens (primary N) is 1. The van der Waals surface area contributed by atoms with Gasteiger partial charge in [-0.3, -0.25) is 19.3 Å². The quantitative estimate of drug-likeness (QED) is 0.524. The number of esters is 1. The zero-order valence-corrected chi connectivity index (χ0v) is 15.7. The van der Waals surface area contributed by atoms with Gasteiger partial charge in [-0.1, -0.05) is 12.1 Å². The molecule has 0 radical (unpaired) electrons. The molecule has 1 saturated heterocycles. The highest BCUT2D eigenvalue weighted by Crippen LogP contribution is 2.26. The Bertz CT molecular complexity index is 653. The van der Waals surface area contributed by atoms with Crippen LogP contribution in [0.15, 0.2) is 29.2 Å². The monoisotopic (exact) mass is 379 g/mol. The number of amides is 2. The lowest BCUT2D eigenvalue weighted by Crippen LogP contribution is -2.43. The van der Waals surface area contributed by atoms with Crippen molar-refractivity contribution in [2.75, 3.05) is 37.3 Å². The van der Waals surface area contributed by atoms with Crippen LogP contribution in [0.4, 0.5) is 5.69 Å². The van der Waals surface area contributed by atoms with E-state index in [-0.39, 0.29) is 30.1 Å². The average Bonchev–Trinajstić information content (AvgIpc) is 2.61. The summed E-state index contributed by atoms with van der Waals surface area (Å²) in [5.74, 6) is -0.767. The van der Waals surface area contributed by atoms with E-state index >= 15 is 0 Å². The number of carbonyl (C=O) groups excluding carboxylic acids is 3. The Morgan fingerprint density at radius 3 is 2.85 bits per heavy atom. The first kappa shape index (κ1) is 20.3. The van der Waals surface area contributed by atoms with Crippen LogP contribution < -0.4 is 11.1 Å². The van der Waals surface area contributed by atoms with Crippen LogP contribution in [-0.4, -0.2) is 54.7 Å². The molecule has 1 aliphatic heterocycles. The van der Waals surface area contributed by atoms with Gasteiger partial charge in [0.05, 0.1) is 30.5 Å². The van der Waals surface area contributed by atoms with Gasteiger partial charge in [-0.15, -0.1) is 11.8 Å². The van der Waals surface area contributed by atoms with Crippen molar-refractivity contribution in [2.24, 2.45) is 11.7 Å². The number of hydrogen-bond donors (Lipinski definition) is 2. The second-order valence-corrected chi connectivity index (χ2v) is 7.14. The van der Waals surface area contributed by atoms with E-state index < -0.39 is 5.91 Å². The summed E-state index contributed by atoms with van der Waals surface area (Å²) in [5, 5.41) is 2.88. The van der Waals surface area contributed by atoms with Crippen LogP contribution in [0.2, 0.25) is 0 Å². The van der Waals surface area contributed by atoms with Gasteiger partial charge in [0.1, 0.15) is 0 Å². The number of ether oxygens (including phenoxy) is 1. The molecule has 0 bridgehead atoms. The molecule has 0 spiro atoms. The van der Waals surface area contributed by atoms with Crippen molar-refractivity contribution in [2.45, 2.75) is 24.7 Å². The number of carbonyl (C=O) groups is 3. The number of likely N-dealkylation sites (tertiary alicyclic amines) is 1. The Labute approximate surface area is 157 Å². The predicted octanol–water partition coefficient (Wildman–Crippen LogP) is 1.48. The van der Waals surface area contributed by atoms with E-state index in [0.29, 0.717) is 18.8 Å². The number of anilines is 1. The Morgan fingerprint density at radius 2 is 2.12 bits per heavy atom. The number of rotatable bonds is 8. The standard InChI is InChI=1S/C18H25N3O4S/c1-2-25-18(24)13-6-5-9-21(10-13)11-17(23)20-14-7-3-4-8-15(14)26-12-16(19)22/h3-4,7-8,13H,2,5-6,9-12H2,1H3,(H2,19,22)(H,20,23)/t13-/m0/s1. The molecule has 0 aliphatic carbocycles. The van der Waals surface area contributed by atoms with Crippen LogP contribution in [0.3, 0.4) is 0 Å². The molecule has 8 heteroatoms. The maximum absolute atomic E-state index is 12.4. The second kappa shape index (κ2) is 10.2. The van der Waals surface area contributed by atoms with Gasteiger partial charge in [-0.2, -0.15) is 0 Å². The molecular formula is C18H25N3O4S. The summed E-state index contributed by atoms with van der Waals surface area (Å²) in [7, 11) is 0. The Morgan fingerprint density at radius 1 is 1.35 bits per heavy atom. The zero-order chi connectivity index (χ0) is 18.9. The van der Waals surface area contributed by atoms with E-state index in [1.54, 1.807) is 13.0 Å².